The number of nitrogens with zero attached hydrogens (tertiary/aromatic N) is 1. The Morgan fingerprint density at radius 3 is 2.32 bits per heavy atom. The van der Waals surface area contributed by atoms with Crippen molar-refractivity contribution in [3.05, 3.63) is 94.4 Å². The number of benzene rings is 2. The summed E-state index contributed by atoms with van der Waals surface area (Å²) in [5, 5.41) is 11.4. The van der Waals surface area contributed by atoms with Gasteiger partial charge < -0.3 is 9.52 Å². The molecule has 2 aromatic carbocycles. The van der Waals surface area contributed by atoms with Crippen molar-refractivity contribution < 1.29 is 19.1 Å². The monoisotopic (exact) mass is 393 g/mol. The molecule has 0 spiro atoms. The van der Waals surface area contributed by atoms with Gasteiger partial charge in [0.15, 0.2) is 0 Å². The Morgan fingerprint density at radius 1 is 1.04 bits per heavy atom. The summed E-state index contributed by atoms with van der Waals surface area (Å²) in [6.07, 6.45) is 1.47. The molecule has 0 saturated carbocycles. The molecule has 0 bridgehead atoms. The third-order valence-corrected chi connectivity index (χ3v) is 4.94. The number of ketones is 1. The lowest BCUT2D eigenvalue weighted by molar-refractivity contribution is -0.132. The van der Waals surface area contributed by atoms with E-state index in [1.165, 1.54) is 11.2 Å². The summed E-state index contributed by atoms with van der Waals surface area (Å²) in [4.78, 5) is 27.1. The van der Waals surface area contributed by atoms with Crippen molar-refractivity contribution in [2.24, 2.45) is 0 Å². The minimum atomic E-state index is -0.867. The molecular weight excluding hydrogens is 378 g/mol. The average molecular weight is 394 g/mol. The summed E-state index contributed by atoms with van der Waals surface area (Å²) in [6.45, 7) is 1.93. The quantitative estimate of drug-likeness (QED) is 0.391. The van der Waals surface area contributed by atoms with Gasteiger partial charge in [-0.2, -0.15) is 0 Å². The number of aliphatic hydroxyl groups is 1. The maximum absolute atomic E-state index is 12.9. The van der Waals surface area contributed by atoms with E-state index in [4.69, 9.17) is 16.0 Å². The molecule has 1 saturated heterocycles. The second-order valence-corrected chi connectivity index (χ2v) is 6.96. The molecule has 1 amide bonds. The fourth-order valence-corrected chi connectivity index (χ4v) is 3.41. The van der Waals surface area contributed by atoms with Crippen LogP contribution >= 0.6 is 11.6 Å². The number of aryl methyl sites for hydroxylation is 1. The Hall–Kier alpha value is -3.31. The van der Waals surface area contributed by atoms with E-state index in [0.29, 0.717) is 22.0 Å². The lowest BCUT2D eigenvalue weighted by Crippen LogP contribution is -2.29. The van der Waals surface area contributed by atoms with Gasteiger partial charge in [0.1, 0.15) is 17.6 Å². The first-order valence-corrected chi connectivity index (χ1v) is 9.02. The van der Waals surface area contributed by atoms with Crippen LogP contribution in [0.25, 0.3) is 5.76 Å². The SMILES string of the molecule is Cc1ccc(N2C(=O)C(=O)/C(=C(\O)c3ccc(Cl)cc3)C2c2ccco2)cc1. The van der Waals surface area contributed by atoms with Crippen LogP contribution in [-0.4, -0.2) is 16.8 Å². The molecule has 28 heavy (non-hydrogen) atoms. The van der Waals surface area contributed by atoms with E-state index >= 15 is 0 Å². The smallest absolute Gasteiger partial charge is 0.300 e. The summed E-state index contributed by atoms with van der Waals surface area (Å²) < 4.78 is 5.51. The average Bonchev–Trinajstić information content (AvgIpc) is 3.30. The highest BCUT2D eigenvalue weighted by molar-refractivity contribution is 6.51. The van der Waals surface area contributed by atoms with Gasteiger partial charge in [-0.15, -0.1) is 0 Å². The minimum Gasteiger partial charge on any atom is -0.507 e. The number of carbonyl (C=O) groups is 2. The maximum atomic E-state index is 12.9. The van der Waals surface area contributed by atoms with Crippen molar-refractivity contribution >= 4 is 34.7 Å². The van der Waals surface area contributed by atoms with E-state index in [2.05, 4.69) is 0 Å². The second-order valence-electron chi connectivity index (χ2n) is 6.53. The van der Waals surface area contributed by atoms with Crippen molar-refractivity contribution in [3.63, 3.8) is 0 Å². The molecule has 140 valence electrons. The number of hydrogen-bond acceptors (Lipinski definition) is 4. The third kappa shape index (κ3) is 3.00. The molecule has 1 atom stereocenters. The predicted octanol–water partition coefficient (Wildman–Crippen LogP) is 4.87. The topological polar surface area (TPSA) is 70.8 Å². The fourth-order valence-electron chi connectivity index (χ4n) is 3.28. The van der Waals surface area contributed by atoms with E-state index in [9.17, 15) is 14.7 Å². The van der Waals surface area contributed by atoms with Crippen molar-refractivity contribution in [1.82, 2.24) is 0 Å². The number of amides is 1. The molecule has 1 fully saturated rings. The maximum Gasteiger partial charge on any atom is 0.300 e. The molecule has 4 rings (SSSR count). The van der Waals surface area contributed by atoms with Gasteiger partial charge in [-0.1, -0.05) is 29.3 Å². The molecule has 3 aromatic rings. The van der Waals surface area contributed by atoms with Crippen molar-refractivity contribution in [1.29, 1.82) is 0 Å². The Balaban J connectivity index is 1.91. The fraction of sp³-hybridized carbons (Fsp3) is 0.0909. The number of halogens is 1. The molecule has 0 radical (unpaired) electrons. The molecule has 1 aromatic heterocycles. The first kappa shape index (κ1) is 18.1. The Labute approximate surface area is 166 Å². The molecular formula is C22H16ClNO4. The van der Waals surface area contributed by atoms with Gasteiger partial charge in [-0.05, 0) is 55.5 Å². The van der Waals surface area contributed by atoms with Crippen molar-refractivity contribution in [2.45, 2.75) is 13.0 Å². The molecule has 1 unspecified atom stereocenters. The first-order valence-electron chi connectivity index (χ1n) is 8.64. The summed E-state index contributed by atoms with van der Waals surface area (Å²) in [7, 11) is 0. The number of Topliss-reactive ketones (excluding diaryl/α,β-unsaturated/α-hetero) is 1. The van der Waals surface area contributed by atoms with Crippen molar-refractivity contribution in [2.75, 3.05) is 4.90 Å². The van der Waals surface area contributed by atoms with Crippen LogP contribution in [0.4, 0.5) is 5.69 Å². The Morgan fingerprint density at radius 2 is 1.71 bits per heavy atom. The zero-order chi connectivity index (χ0) is 19.8. The van der Waals surface area contributed by atoms with Crippen LogP contribution in [0.1, 0.15) is 22.9 Å². The first-order chi connectivity index (χ1) is 13.5. The standard InChI is InChI=1S/C22H16ClNO4/c1-13-4-10-16(11-5-13)24-19(17-3-2-12-28-17)18(21(26)22(24)27)20(25)14-6-8-15(23)9-7-14/h2-12,19,25H,1H3/b20-18-. The van der Waals surface area contributed by atoms with E-state index in [0.717, 1.165) is 5.56 Å². The summed E-state index contributed by atoms with van der Waals surface area (Å²) >= 11 is 5.91. The van der Waals surface area contributed by atoms with Crippen LogP contribution in [0.15, 0.2) is 76.9 Å². The molecule has 1 aliphatic heterocycles. The van der Waals surface area contributed by atoms with Gasteiger partial charge in [0.25, 0.3) is 11.7 Å². The van der Waals surface area contributed by atoms with Crippen LogP contribution < -0.4 is 4.90 Å². The zero-order valence-corrected chi connectivity index (χ0v) is 15.7. The van der Waals surface area contributed by atoms with Crippen molar-refractivity contribution in [3.8, 4) is 0 Å². The van der Waals surface area contributed by atoms with E-state index in [-0.39, 0.29) is 11.3 Å². The summed E-state index contributed by atoms with van der Waals surface area (Å²) in [6, 6.07) is 16.1. The predicted molar refractivity (Wildman–Crippen MR) is 106 cm³/mol. The number of hydrogen-bond donors (Lipinski definition) is 1. The number of anilines is 1. The number of aliphatic hydroxyl groups excluding tert-OH is 1. The second kappa shape index (κ2) is 7.02. The van der Waals surface area contributed by atoms with Gasteiger partial charge in [-0.3, -0.25) is 14.5 Å². The lowest BCUT2D eigenvalue weighted by atomic mass is 9.99. The van der Waals surface area contributed by atoms with Crippen LogP contribution in [0, 0.1) is 6.92 Å². The molecule has 1 aliphatic rings. The molecule has 6 heteroatoms. The van der Waals surface area contributed by atoms with Gasteiger partial charge in [0.2, 0.25) is 0 Å². The summed E-state index contributed by atoms with van der Waals surface area (Å²) in [5.41, 5.74) is 1.94. The van der Waals surface area contributed by atoms with Crippen LogP contribution in [0.2, 0.25) is 5.02 Å². The third-order valence-electron chi connectivity index (χ3n) is 4.69. The van der Waals surface area contributed by atoms with Crippen LogP contribution in [0.3, 0.4) is 0 Å². The van der Waals surface area contributed by atoms with Crippen LogP contribution in [-0.2, 0) is 9.59 Å². The van der Waals surface area contributed by atoms with Gasteiger partial charge >= 0.3 is 0 Å². The van der Waals surface area contributed by atoms with E-state index in [1.807, 2.05) is 19.1 Å². The normalized spacial score (nSPS) is 18.6. The molecule has 5 nitrogen and oxygen atoms in total. The number of furan rings is 1. The van der Waals surface area contributed by atoms with E-state index < -0.39 is 17.7 Å². The van der Waals surface area contributed by atoms with Crippen LogP contribution in [0.5, 0.6) is 0 Å². The zero-order valence-electron chi connectivity index (χ0n) is 14.9. The highest BCUT2D eigenvalue weighted by Crippen LogP contribution is 2.42. The van der Waals surface area contributed by atoms with E-state index in [1.54, 1.807) is 48.5 Å². The lowest BCUT2D eigenvalue weighted by Gasteiger charge is -2.23. The Bertz CT molecular complexity index is 1070. The molecule has 1 N–H and O–H groups in total. The highest BCUT2D eigenvalue weighted by atomic mass is 35.5. The van der Waals surface area contributed by atoms with Gasteiger partial charge in [0.05, 0.1) is 11.8 Å². The largest absolute Gasteiger partial charge is 0.507 e. The number of carbonyl (C=O) groups excluding carboxylic acids is 2. The highest BCUT2D eigenvalue weighted by Gasteiger charge is 2.48. The number of rotatable bonds is 3. The molecule has 2 heterocycles. The Kier molecular flexibility index (Phi) is 4.53. The summed E-state index contributed by atoms with van der Waals surface area (Å²) in [5.74, 6) is -1.38. The minimum absolute atomic E-state index is 0.0251. The van der Waals surface area contributed by atoms with Gasteiger partial charge in [0, 0.05) is 16.3 Å². The van der Waals surface area contributed by atoms with Gasteiger partial charge in [-0.25, -0.2) is 0 Å². The molecule has 0 aliphatic carbocycles.